The van der Waals surface area contributed by atoms with Crippen molar-refractivity contribution in [1.82, 2.24) is 10.2 Å². The van der Waals surface area contributed by atoms with Crippen LogP contribution in [0, 0.1) is 0 Å². The summed E-state index contributed by atoms with van der Waals surface area (Å²) in [5, 5.41) is 19.4. The number of hydrogen-bond donors (Lipinski definition) is 3. The number of hydrogen-bond acceptors (Lipinski definition) is 6. The summed E-state index contributed by atoms with van der Waals surface area (Å²) < 4.78 is 50.0. The molecule has 1 heterocycles. The molecule has 298 valence electrons. The zero-order chi connectivity index (χ0) is 39.6. The molecule has 3 atom stereocenters. The van der Waals surface area contributed by atoms with E-state index in [1.54, 1.807) is 0 Å². The van der Waals surface area contributed by atoms with Crippen molar-refractivity contribution < 1.29 is 42.4 Å². The molecular formula is C42H49Cl2F3N2O6. The van der Waals surface area contributed by atoms with Gasteiger partial charge in [-0.1, -0.05) is 84.4 Å². The number of carboxylic acid groups (broad SMARTS) is 2. The van der Waals surface area contributed by atoms with E-state index in [9.17, 15) is 22.8 Å². The van der Waals surface area contributed by atoms with Gasteiger partial charge in [0.25, 0.3) is 0 Å². The SMILES string of the molecule is CN1CCCC1CCOC(C)(c1ccccc1)c1ccc(Cl)cc1.CNCCC(Oc1ccc(C(F)(F)F)cc1)c1ccccc1.Cl.O=C(O)C=CC(=O)O. The van der Waals surface area contributed by atoms with E-state index in [0.717, 1.165) is 54.3 Å². The third-order valence-electron chi connectivity index (χ3n) is 8.89. The van der Waals surface area contributed by atoms with E-state index in [1.807, 2.05) is 55.6 Å². The molecule has 0 saturated carbocycles. The molecule has 3 unspecified atom stereocenters. The number of nitrogens with one attached hydrogen (secondary N) is 1. The molecule has 0 radical (unpaired) electrons. The van der Waals surface area contributed by atoms with Crippen LogP contribution in [0.1, 0.15) is 61.0 Å². The van der Waals surface area contributed by atoms with Gasteiger partial charge >= 0.3 is 18.1 Å². The maximum absolute atomic E-state index is 12.6. The van der Waals surface area contributed by atoms with Crippen LogP contribution in [-0.4, -0.2) is 66.9 Å². The van der Waals surface area contributed by atoms with Crippen LogP contribution < -0.4 is 10.1 Å². The van der Waals surface area contributed by atoms with E-state index in [1.165, 1.54) is 37.1 Å². The minimum Gasteiger partial charge on any atom is -0.486 e. The molecule has 55 heavy (non-hydrogen) atoms. The number of likely N-dealkylation sites (tertiary alicyclic amines) is 1. The Morgan fingerprint density at radius 2 is 1.40 bits per heavy atom. The van der Waals surface area contributed by atoms with Crippen molar-refractivity contribution in [2.75, 3.05) is 33.8 Å². The standard InChI is InChI=1S/C21H26ClNO.C17H18F3NO.C4H4O4.ClH/c1-21(17-7-4-3-5-8-17,18-10-12-19(22)13-11-18)24-16-14-20-9-6-15-23(20)2;1-21-12-11-16(13-5-3-2-4-6-13)22-15-9-7-14(8-10-15)17(18,19)20;5-3(6)1-2-4(7)8;/h3-5,7-8,10-13,20H,6,9,14-16H2,1-2H3;2-10,16,21H,11-12H2,1H3;1-2H,(H,5,6)(H,7,8);1H. The molecule has 3 N–H and O–H groups in total. The molecule has 0 aromatic heterocycles. The summed E-state index contributed by atoms with van der Waals surface area (Å²) >= 11 is 6.07. The second kappa shape index (κ2) is 23.5. The molecule has 0 bridgehead atoms. The molecule has 13 heteroatoms. The number of aliphatic carboxylic acids is 2. The monoisotopic (exact) mass is 804 g/mol. The van der Waals surface area contributed by atoms with Crippen LogP contribution in [0.4, 0.5) is 13.2 Å². The number of rotatable bonds is 14. The highest BCUT2D eigenvalue weighted by Gasteiger charge is 2.31. The molecule has 1 aliphatic rings. The first-order valence-corrected chi connectivity index (χ1v) is 17.9. The number of carbonyl (C=O) groups is 2. The highest BCUT2D eigenvalue weighted by molar-refractivity contribution is 6.30. The Kier molecular flexibility index (Phi) is 20.0. The van der Waals surface area contributed by atoms with Crippen molar-refractivity contribution in [2.45, 2.75) is 56.5 Å². The normalized spacial score (nSPS) is 15.7. The summed E-state index contributed by atoms with van der Waals surface area (Å²) in [6.07, 6.45) is 0.963. The maximum Gasteiger partial charge on any atom is 0.416 e. The zero-order valence-corrected chi connectivity index (χ0v) is 32.6. The Balaban J connectivity index is 0.000000314. The average molecular weight is 806 g/mol. The van der Waals surface area contributed by atoms with Gasteiger partial charge in [-0.05, 0) is 106 Å². The van der Waals surface area contributed by atoms with Gasteiger partial charge in [0, 0.05) is 36.2 Å². The smallest absolute Gasteiger partial charge is 0.416 e. The van der Waals surface area contributed by atoms with Crippen molar-refractivity contribution in [3.8, 4) is 5.75 Å². The fraction of sp³-hybridized carbons (Fsp3) is 0.333. The minimum atomic E-state index is -4.33. The molecule has 0 spiro atoms. The lowest BCUT2D eigenvalue weighted by Crippen LogP contribution is -2.31. The number of nitrogens with zero attached hydrogens (tertiary/aromatic N) is 1. The summed E-state index contributed by atoms with van der Waals surface area (Å²) in [7, 11) is 4.06. The molecule has 0 aliphatic carbocycles. The first kappa shape index (κ1) is 46.8. The van der Waals surface area contributed by atoms with Crippen LogP contribution in [-0.2, 0) is 26.1 Å². The van der Waals surface area contributed by atoms with E-state index in [0.29, 0.717) is 23.9 Å². The highest BCUT2D eigenvalue weighted by atomic mass is 35.5. The number of halogens is 5. The molecular weight excluding hydrogens is 756 g/mol. The van der Waals surface area contributed by atoms with E-state index >= 15 is 0 Å². The second-order valence-corrected chi connectivity index (χ2v) is 13.2. The quantitative estimate of drug-likeness (QED) is 0.108. The van der Waals surface area contributed by atoms with E-state index in [4.69, 9.17) is 31.3 Å². The summed E-state index contributed by atoms with van der Waals surface area (Å²) in [5.74, 6) is -2.09. The fourth-order valence-electron chi connectivity index (χ4n) is 5.87. The van der Waals surface area contributed by atoms with Crippen molar-refractivity contribution in [2.24, 2.45) is 0 Å². The van der Waals surface area contributed by atoms with Gasteiger partial charge in [-0.3, -0.25) is 0 Å². The summed E-state index contributed by atoms with van der Waals surface area (Å²) in [5.41, 5.74) is 2.18. The molecule has 1 fully saturated rings. The molecule has 4 aromatic rings. The third kappa shape index (κ3) is 16.1. The van der Waals surface area contributed by atoms with Gasteiger partial charge in [-0.2, -0.15) is 13.2 Å². The Morgan fingerprint density at radius 1 is 0.873 bits per heavy atom. The van der Waals surface area contributed by atoms with Gasteiger partial charge in [0.05, 0.1) is 5.56 Å². The lowest BCUT2D eigenvalue weighted by Gasteiger charge is -2.32. The number of ether oxygens (including phenoxy) is 2. The molecule has 8 nitrogen and oxygen atoms in total. The van der Waals surface area contributed by atoms with Gasteiger partial charge in [0.2, 0.25) is 0 Å². The van der Waals surface area contributed by atoms with Crippen LogP contribution in [0.2, 0.25) is 5.02 Å². The zero-order valence-electron chi connectivity index (χ0n) is 31.0. The van der Waals surface area contributed by atoms with Gasteiger partial charge in [-0.25, -0.2) is 9.59 Å². The number of carboxylic acids is 2. The van der Waals surface area contributed by atoms with Crippen LogP contribution in [0.5, 0.6) is 5.75 Å². The maximum atomic E-state index is 12.6. The van der Waals surface area contributed by atoms with Gasteiger partial charge in [0.1, 0.15) is 17.5 Å². The Bertz CT molecular complexity index is 1710. The highest BCUT2D eigenvalue weighted by Crippen LogP contribution is 2.35. The van der Waals surface area contributed by atoms with Gasteiger partial charge < -0.3 is 29.9 Å². The van der Waals surface area contributed by atoms with Crippen molar-refractivity contribution >= 4 is 35.9 Å². The van der Waals surface area contributed by atoms with Gasteiger partial charge in [-0.15, -0.1) is 12.4 Å². The topological polar surface area (TPSA) is 108 Å². The molecule has 4 aromatic carbocycles. The first-order chi connectivity index (χ1) is 25.7. The third-order valence-corrected chi connectivity index (χ3v) is 9.14. The average Bonchev–Trinajstić information content (AvgIpc) is 3.57. The predicted octanol–water partition coefficient (Wildman–Crippen LogP) is 9.67. The molecule has 0 amide bonds. The second-order valence-electron chi connectivity index (χ2n) is 12.8. The van der Waals surface area contributed by atoms with E-state index in [-0.39, 0.29) is 18.5 Å². The first-order valence-electron chi connectivity index (χ1n) is 17.6. The van der Waals surface area contributed by atoms with E-state index in [2.05, 4.69) is 60.6 Å². The Morgan fingerprint density at radius 3 is 1.89 bits per heavy atom. The number of benzene rings is 4. The predicted molar refractivity (Wildman–Crippen MR) is 212 cm³/mol. The molecule has 1 saturated heterocycles. The van der Waals surface area contributed by atoms with Crippen LogP contribution in [0.15, 0.2) is 121 Å². The number of alkyl halides is 3. The Labute approximate surface area is 332 Å². The van der Waals surface area contributed by atoms with E-state index < -0.39 is 29.3 Å². The summed E-state index contributed by atoms with van der Waals surface area (Å²) in [6, 6.07) is 33.5. The van der Waals surface area contributed by atoms with Crippen LogP contribution in [0.3, 0.4) is 0 Å². The van der Waals surface area contributed by atoms with Gasteiger partial charge in [0.15, 0.2) is 0 Å². The largest absolute Gasteiger partial charge is 0.486 e. The van der Waals surface area contributed by atoms with Crippen LogP contribution >= 0.6 is 24.0 Å². The van der Waals surface area contributed by atoms with Crippen LogP contribution in [0.25, 0.3) is 0 Å². The van der Waals surface area contributed by atoms with Crippen molar-refractivity contribution in [1.29, 1.82) is 0 Å². The fourth-order valence-corrected chi connectivity index (χ4v) is 5.99. The lowest BCUT2D eigenvalue weighted by molar-refractivity contribution is -0.137. The van der Waals surface area contributed by atoms with Crippen molar-refractivity contribution in [3.05, 3.63) is 149 Å². The summed E-state index contributed by atoms with van der Waals surface area (Å²) in [6.45, 7) is 4.87. The minimum absolute atomic E-state index is 0. The lowest BCUT2D eigenvalue weighted by atomic mass is 9.88. The summed E-state index contributed by atoms with van der Waals surface area (Å²) in [4.78, 5) is 21.6. The van der Waals surface area contributed by atoms with Crippen molar-refractivity contribution in [3.63, 3.8) is 0 Å². The molecule has 5 rings (SSSR count). The molecule has 1 aliphatic heterocycles. The Hall–Kier alpha value is -4.39.